The molecule has 5 N–H and O–H groups in total. The van der Waals surface area contributed by atoms with Crippen LogP contribution in [0.3, 0.4) is 0 Å². The number of aliphatic hydroxyl groups excluding tert-OH is 1. The molecule has 0 bridgehead atoms. The molecule has 0 aliphatic rings. The van der Waals surface area contributed by atoms with E-state index in [2.05, 4.69) is 21.1 Å². The van der Waals surface area contributed by atoms with Crippen molar-refractivity contribution >= 4 is 17.9 Å². The molecule has 0 amide bonds. The van der Waals surface area contributed by atoms with Gasteiger partial charge in [0.05, 0.1) is 40.6 Å². The van der Waals surface area contributed by atoms with Crippen molar-refractivity contribution in [3.63, 3.8) is 0 Å². The Morgan fingerprint density at radius 3 is 1.38 bits per heavy atom. The number of carbonyl (C=O) groups is 3. The van der Waals surface area contributed by atoms with Crippen LogP contribution in [0.25, 0.3) is 0 Å². The summed E-state index contributed by atoms with van der Waals surface area (Å²) in [6.07, 6.45) is -2.29. The maximum absolute atomic E-state index is 10.3. The van der Waals surface area contributed by atoms with Gasteiger partial charge in [0, 0.05) is 0 Å². The smallest absolute Gasteiger partial charge is 0.481 e. The first-order valence-corrected chi connectivity index (χ1v) is 5.65. The third-order valence-electron chi connectivity index (χ3n) is 2.06. The summed E-state index contributed by atoms with van der Waals surface area (Å²) in [4.78, 5) is 30.5. The SMILES string of the molecule is C[N+](C)(C)CCO.O=C(O)CC(O)(CC(=O)O)C(=O)O.[Fe+3]. The van der Waals surface area contributed by atoms with E-state index in [9.17, 15) is 14.4 Å². The average molecular weight is 352 g/mol. The van der Waals surface area contributed by atoms with Crippen LogP contribution < -0.4 is 0 Å². The Balaban J connectivity index is -0.000000347. The molecule has 1 radical (unpaired) electrons. The van der Waals surface area contributed by atoms with Crippen LogP contribution in [0.2, 0.25) is 0 Å². The van der Waals surface area contributed by atoms with Crippen LogP contribution in [-0.4, -0.2) is 87.8 Å². The predicted molar refractivity (Wildman–Crippen MR) is 67.1 cm³/mol. The maximum Gasteiger partial charge on any atom is 3.00 e. The minimum Gasteiger partial charge on any atom is -0.481 e. The van der Waals surface area contributed by atoms with Gasteiger partial charge in [-0.1, -0.05) is 0 Å². The van der Waals surface area contributed by atoms with E-state index in [0.29, 0.717) is 0 Å². The number of rotatable bonds is 7. The number of hydrogen-bond donors (Lipinski definition) is 5. The second-order valence-corrected chi connectivity index (χ2v) is 5.22. The molecule has 0 fully saturated rings. The largest absolute Gasteiger partial charge is 3.00 e. The van der Waals surface area contributed by atoms with Crippen molar-refractivity contribution in [2.24, 2.45) is 0 Å². The molecule has 0 saturated heterocycles. The third kappa shape index (κ3) is 15.0. The number of hydrogen-bond acceptors (Lipinski definition) is 5. The molecular formula is C11H22FeNO8+4. The second-order valence-electron chi connectivity index (χ2n) is 5.22. The molecule has 0 spiro atoms. The summed E-state index contributed by atoms with van der Waals surface area (Å²) < 4.78 is 0.844. The van der Waals surface area contributed by atoms with Crippen molar-refractivity contribution in [2.75, 3.05) is 34.3 Å². The van der Waals surface area contributed by atoms with Crippen LogP contribution in [0.5, 0.6) is 0 Å². The molecule has 0 aromatic heterocycles. The predicted octanol–water partition coefficient (Wildman–Crippen LogP) is -1.57. The van der Waals surface area contributed by atoms with Crippen LogP contribution in [-0.2, 0) is 31.5 Å². The Hall–Kier alpha value is -1.19. The van der Waals surface area contributed by atoms with E-state index < -0.39 is 36.4 Å². The molecule has 0 rings (SSSR count). The minimum absolute atomic E-state index is 0. The van der Waals surface area contributed by atoms with Gasteiger partial charge in [0.15, 0.2) is 5.60 Å². The van der Waals surface area contributed by atoms with Crippen molar-refractivity contribution in [1.29, 1.82) is 0 Å². The van der Waals surface area contributed by atoms with Crippen molar-refractivity contribution in [2.45, 2.75) is 18.4 Å². The van der Waals surface area contributed by atoms with E-state index in [4.69, 9.17) is 25.5 Å². The van der Waals surface area contributed by atoms with Gasteiger partial charge in [0.2, 0.25) is 0 Å². The first-order valence-electron chi connectivity index (χ1n) is 5.65. The van der Waals surface area contributed by atoms with Gasteiger partial charge >= 0.3 is 35.0 Å². The summed E-state index contributed by atoms with van der Waals surface area (Å²) in [6.45, 7) is 1.11. The van der Waals surface area contributed by atoms with E-state index in [-0.39, 0.29) is 23.7 Å². The topological polar surface area (TPSA) is 152 Å². The van der Waals surface area contributed by atoms with Crippen LogP contribution in [0.15, 0.2) is 0 Å². The number of carboxylic acids is 3. The molecule has 123 valence electrons. The van der Waals surface area contributed by atoms with Crippen LogP contribution in [0, 0.1) is 0 Å². The quantitative estimate of drug-likeness (QED) is 0.272. The van der Waals surface area contributed by atoms with Gasteiger partial charge in [-0.25, -0.2) is 4.79 Å². The van der Waals surface area contributed by atoms with Gasteiger partial charge in [0.1, 0.15) is 6.54 Å². The van der Waals surface area contributed by atoms with Gasteiger partial charge in [0.25, 0.3) is 0 Å². The molecule has 0 unspecified atom stereocenters. The fraction of sp³-hybridized carbons (Fsp3) is 0.727. The summed E-state index contributed by atoms with van der Waals surface area (Å²) in [5.41, 5.74) is -2.74. The van der Waals surface area contributed by atoms with Crippen LogP contribution >= 0.6 is 0 Å². The van der Waals surface area contributed by atoms with Crippen molar-refractivity contribution in [3.8, 4) is 0 Å². The van der Waals surface area contributed by atoms with E-state index in [1.165, 1.54) is 0 Å². The Kier molecular flexibility index (Phi) is 12.4. The van der Waals surface area contributed by atoms with E-state index in [1.54, 1.807) is 0 Å². The molecule has 0 aliphatic carbocycles. The Labute approximate surface area is 132 Å². The molecule has 0 atom stereocenters. The van der Waals surface area contributed by atoms with Crippen LogP contribution in [0.1, 0.15) is 12.8 Å². The summed E-state index contributed by atoms with van der Waals surface area (Å²) in [6, 6.07) is 0. The van der Waals surface area contributed by atoms with Gasteiger partial charge in [-0.15, -0.1) is 0 Å². The zero-order chi connectivity index (χ0) is 16.6. The number of carboxylic acid groups (broad SMARTS) is 3. The number of aliphatic hydroxyl groups is 2. The van der Waals surface area contributed by atoms with Crippen LogP contribution in [0.4, 0.5) is 0 Å². The molecule has 0 aliphatic heterocycles. The Bertz CT molecular complexity index is 337. The number of aliphatic carboxylic acids is 3. The fourth-order valence-electron chi connectivity index (χ4n) is 1.01. The zero-order valence-corrected chi connectivity index (χ0v) is 13.2. The van der Waals surface area contributed by atoms with Gasteiger partial charge < -0.3 is 30.0 Å². The van der Waals surface area contributed by atoms with Gasteiger partial charge in [-0.05, 0) is 0 Å². The van der Waals surface area contributed by atoms with Crippen molar-refractivity contribution in [1.82, 2.24) is 0 Å². The van der Waals surface area contributed by atoms with E-state index in [1.807, 2.05) is 0 Å². The molecular weight excluding hydrogens is 330 g/mol. The second kappa shape index (κ2) is 10.5. The molecule has 0 aromatic rings. The average Bonchev–Trinajstić information content (AvgIpc) is 2.12. The molecule has 0 aromatic carbocycles. The Morgan fingerprint density at radius 1 is 0.952 bits per heavy atom. The summed E-state index contributed by atoms with van der Waals surface area (Å²) in [5, 5.41) is 42.2. The number of likely N-dealkylation sites (N-methyl/N-ethyl adjacent to an activating group) is 1. The summed E-state index contributed by atoms with van der Waals surface area (Å²) >= 11 is 0. The monoisotopic (exact) mass is 352 g/mol. The van der Waals surface area contributed by atoms with Crippen molar-refractivity contribution in [3.05, 3.63) is 0 Å². The normalized spacial score (nSPS) is 10.7. The first kappa shape index (κ1) is 24.8. The van der Waals surface area contributed by atoms with Crippen molar-refractivity contribution < 1.29 is 61.5 Å². The van der Waals surface area contributed by atoms with Gasteiger partial charge in [-0.3, -0.25) is 9.59 Å². The third-order valence-corrected chi connectivity index (χ3v) is 2.06. The number of quaternary nitrogens is 1. The fourth-order valence-corrected chi connectivity index (χ4v) is 1.01. The zero-order valence-electron chi connectivity index (χ0n) is 12.1. The van der Waals surface area contributed by atoms with Gasteiger partial charge in [-0.2, -0.15) is 0 Å². The molecule has 0 heterocycles. The molecule has 0 saturated carbocycles. The molecule has 10 heteroatoms. The minimum atomic E-state index is -2.74. The summed E-state index contributed by atoms with van der Waals surface area (Å²) in [5.74, 6) is -5.02. The molecule has 21 heavy (non-hydrogen) atoms. The maximum atomic E-state index is 10.3. The summed E-state index contributed by atoms with van der Waals surface area (Å²) in [7, 11) is 6.16. The Morgan fingerprint density at radius 2 is 1.29 bits per heavy atom. The number of nitrogens with zero attached hydrogens (tertiary/aromatic N) is 1. The standard InChI is InChI=1S/C6H8O7.C5H14NO.Fe/c7-3(8)1-6(13,5(11)12)2-4(9)10;1-6(2,3)4-5-7;/h13H,1-2H2,(H,7,8)(H,9,10)(H,11,12);7H,4-5H2,1-3H3;/q;+1;+3. The van der Waals surface area contributed by atoms with E-state index >= 15 is 0 Å². The first-order chi connectivity index (χ1) is 8.84. The molecule has 9 nitrogen and oxygen atoms in total. The van der Waals surface area contributed by atoms with E-state index in [0.717, 1.165) is 11.0 Å².